The second-order valence-corrected chi connectivity index (χ2v) is 3.78. The van der Waals surface area contributed by atoms with E-state index in [1.807, 2.05) is 0 Å². The van der Waals surface area contributed by atoms with E-state index in [9.17, 15) is 9.59 Å². The second-order valence-electron chi connectivity index (χ2n) is 3.42. The molecular weight excluding hydrogens is 230 g/mol. The molecule has 2 rings (SSSR count). The van der Waals surface area contributed by atoms with Gasteiger partial charge >= 0.3 is 0 Å². The first-order valence-electron chi connectivity index (χ1n) is 4.85. The van der Waals surface area contributed by atoms with Crippen molar-refractivity contribution in [3.8, 4) is 0 Å². The number of nitrogens with one attached hydrogen (secondary N) is 1. The van der Waals surface area contributed by atoms with E-state index in [-0.39, 0.29) is 23.5 Å². The van der Waals surface area contributed by atoms with Gasteiger partial charge in [0.2, 0.25) is 5.91 Å². The van der Waals surface area contributed by atoms with Crippen molar-refractivity contribution >= 4 is 23.4 Å². The largest absolute Gasteiger partial charge is 0.353 e. The Labute approximate surface area is 97.4 Å². The molecule has 1 N–H and O–H groups in total. The van der Waals surface area contributed by atoms with Crippen LogP contribution in [0.5, 0.6) is 0 Å². The number of rotatable bonds is 1. The highest BCUT2D eigenvalue weighted by molar-refractivity contribution is 6.32. The average molecular weight is 240 g/mol. The molecule has 1 saturated heterocycles. The number of nitrogens with zero attached hydrogens (tertiary/aromatic N) is 2. The summed E-state index contributed by atoms with van der Waals surface area (Å²) in [5.41, 5.74) is 0.332. The van der Waals surface area contributed by atoms with Gasteiger partial charge in [-0.3, -0.25) is 9.59 Å². The molecule has 84 valence electrons. The van der Waals surface area contributed by atoms with E-state index >= 15 is 0 Å². The van der Waals surface area contributed by atoms with Crippen molar-refractivity contribution in [3.05, 3.63) is 29.0 Å². The van der Waals surface area contributed by atoms with Crippen LogP contribution in [-0.2, 0) is 4.79 Å². The Bertz CT molecular complexity index is 436. The van der Waals surface area contributed by atoms with E-state index in [0.29, 0.717) is 18.7 Å². The third-order valence-electron chi connectivity index (χ3n) is 2.32. The summed E-state index contributed by atoms with van der Waals surface area (Å²) in [6.07, 6.45) is 1.52. The van der Waals surface area contributed by atoms with Crippen molar-refractivity contribution in [1.82, 2.24) is 15.2 Å². The van der Waals surface area contributed by atoms with Gasteiger partial charge in [0.15, 0.2) is 0 Å². The monoisotopic (exact) mass is 239 g/mol. The zero-order valence-corrected chi connectivity index (χ0v) is 9.20. The number of pyridine rings is 1. The van der Waals surface area contributed by atoms with E-state index in [0.717, 1.165) is 0 Å². The number of aromatic nitrogens is 1. The van der Waals surface area contributed by atoms with Crippen LogP contribution in [0.15, 0.2) is 18.3 Å². The highest BCUT2D eigenvalue weighted by Gasteiger charge is 2.23. The average Bonchev–Trinajstić information content (AvgIpc) is 2.29. The molecule has 1 aliphatic heterocycles. The van der Waals surface area contributed by atoms with Crippen molar-refractivity contribution < 1.29 is 9.59 Å². The molecule has 1 aliphatic rings. The normalized spacial score (nSPS) is 15.8. The van der Waals surface area contributed by atoms with Crippen LogP contribution >= 0.6 is 11.6 Å². The molecule has 0 spiro atoms. The van der Waals surface area contributed by atoms with Gasteiger partial charge in [0.1, 0.15) is 5.15 Å². The third kappa shape index (κ3) is 2.14. The lowest BCUT2D eigenvalue weighted by atomic mass is 10.2. The van der Waals surface area contributed by atoms with Gasteiger partial charge in [-0.2, -0.15) is 0 Å². The Kier molecular flexibility index (Phi) is 3.05. The summed E-state index contributed by atoms with van der Waals surface area (Å²) in [5.74, 6) is -0.410. The van der Waals surface area contributed by atoms with Gasteiger partial charge in [0.05, 0.1) is 12.1 Å². The fourth-order valence-corrected chi connectivity index (χ4v) is 1.73. The molecule has 0 aromatic carbocycles. The van der Waals surface area contributed by atoms with Crippen molar-refractivity contribution in [2.75, 3.05) is 19.6 Å². The summed E-state index contributed by atoms with van der Waals surface area (Å²) in [6, 6.07) is 3.24. The van der Waals surface area contributed by atoms with Crippen LogP contribution in [0.25, 0.3) is 0 Å². The minimum atomic E-state index is -0.257. The minimum absolute atomic E-state index is 0.0735. The smallest absolute Gasteiger partial charge is 0.257 e. The maximum absolute atomic E-state index is 12.0. The van der Waals surface area contributed by atoms with E-state index in [1.165, 1.54) is 11.1 Å². The highest BCUT2D eigenvalue weighted by atomic mass is 35.5. The Balaban J connectivity index is 2.19. The first-order valence-corrected chi connectivity index (χ1v) is 5.23. The molecule has 0 unspecified atom stereocenters. The lowest BCUT2D eigenvalue weighted by Gasteiger charge is -2.26. The summed E-state index contributed by atoms with van der Waals surface area (Å²) in [5, 5.41) is 2.82. The van der Waals surface area contributed by atoms with Crippen LogP contribution in [0.3, 0.4) is 0 Å². The Morgan fingerprint density at radius 3 is 3.06 bits per heavy atom. The van der Waals surface area contributed by atoms with Gasteiger partial charge in [0.25, 0.3) is 5.91 Å². The number of carbonyl (C=O) groups excluding carboxylic acids is 2. The van der Waals surface area contributed by atoms with Crippen LogP contribution in [0.2, 0.25) is 5.15 Å². The second kappa shape index (κ2) is 4.49. The van der Waals surface area contributed by atoms with Crippen LogP contribution in [0, 0.1) is 0 Å². The molecule has 2 amide bonds. The standard InChI is InChI=1S/C10H10ClN3O2/c11-9-7(2-1-3-13-9)10(16)14-5-4-12-8(15)6-14/h1-3H,4-6H2,(H,12,15). The highest BCUT2D eigenvalue weighted by Crippen LogP contribution is 2.14. The zero-order valence-electron chi connectivity index (χ0n) is 8.44. The Hall–Kier alpha value is -1.62. The molecule has 16 heavy (non-hydrogen) atoms. The summed E-state index contributed by atoms with van der Waals surface area (Å²) in [4.78, 5) is 28.4. The number of hydrogen-bond acceptors (Lipinski definition) is 3. The van der Waals surface area contributed by atoms with Gasteiger partial charge in [-0.25, -0.2) is 4.98 Å². The number of amides is 2. The minimum Gasteiger partial charge on any atom is -0.353 e. The summed E-state index contributed by atoms with van der Waals surface area (Å²) in [6.45, 7) is 1.04. The molecule has 5 nitrogen and oxygen atoms in total. The first-order chi connectivity index (χ1) is 7.68. The maximum Gasteiger partial charge on any atom is 0.257 e. The quantitative estimate of drug-likeness (QED) is 0.718. The fraction of sp³-hybridized carbons (Fsp3) is 0.300. The van der Waals surface area contributed by atoms with Crippen molar-refractivity contribution in [2.45, 2.75) is 0 Å². The predicted molar refractivity (Wildman–Crippen MR) is 58.2 cm³/mol. The van der Waals surface area contributed by atoms with Gasteiger partial charge in [-0.1, -0.05) is 11.6 Å². The van der Waals surface area contributed by atoms with Crippen molar-refractivity contribution in [3.63, 3.8) is 0 Å². The van der Waals surface area contributed by atoms with Crippen molar-refractivity contribution in [2.24, 2.45) is 0 Å². The number of carbonyl (C=O) groups is 2. The van der Waals surface area contributed by atoms with Crippen LogP contribution < -0.4 is 5.32 Å². The molecule has 2 heterocycles. The van der Waals surface area contributed by atoms with Crippen LogP contribution in [0.1, 0.15) is 10.4 Å². The Morgan fingerprint density at radius 1 is 1.56 bits per heavy atom. The van der Waals surface area contributed by atoms with Crippen LogP contribution in [-0.4, -0.2) is 41.3 Å². The van der Waals surface area contributed by atoms with Gasteiger partial charge in [-0.15, -0.1) is 0 Å². The Morgan fingerprint density at radius 2 is 2.38 bits per heavy atom. The van der Waals surface area contributed by atoms with E-state index < -0.39 is 0 Å². The number of hydrogen-bond donors (Lipinski definition) is 1. The van der Waals surface area contributed by atoms with Gasteiger partial charge < -0.3 is 10.2 Å². The molecule has 0 bridgehead atoms. The van der Waals surface area contributed by atoms with E-state index in [2.05, 4.69) is 10.3 Å². The lowest BCUT2D eigenvalue weighted by molar-refractivity contribution is -0.123. The fourth-order valence-electron chi connectivity index (χ4n) is 1.53. The molecule has 0 saturated carbocycles. The van der Waals surface area contributed by atoms with Gasteiger partial charge in [0, 0.05) is 19.3 Å². The van der Waals surface area contributed by atoms with E-state index in [1.54, 1.807) is 12.1 Å². The molecule has 0 aliphatic carbocycles. The molecule has 1 aromatic heterocycles. The topological polar surface area (TPSA) is 62.3 Å². The zero-order chi connectivity index (χ0) is 11.5. The third-order valence-corrected chi connectivity index (χ3v) is 2.62. The number of piperazine rings is 1. The van der Waals surface area contributed by atoms with E-state index in [4.69, 9.17) is 11.6 Å². The molecule has 0 radical (unpaired) electrons. The predicted octanol–water partition coefficient (Wildman–Crippen LogP) is 0.307. The summed E-state index contributed by atoms with van der Waals surface area (Å²) in [7, 11) is 0. The lowest BCUT2D eigenvalue weighted by Crippen LogP contribution is -2.50. The molecular formula is C10H10ClN3O2. The first kappa shape index (κ1) is 10.9. The summed E-state index contributed by atoms with van der Waals surface area (Å²) < 4.78 is 0. The molecule has 1 fully saturated rings. The number of halogens is 1. The maximum atomic E-state index is 12.0. The van der Waals surface area contributed by atoms with Gasteiger partial charge in [-0.05, 0) is 12.1 Å². The summed E-state index contributed by atoms with van der Waals surface area (Å²) >= 11 is 5.82. The molecule has 1 aromatic rings. The molecule has 0 atom stereocenters. The molecule has 6 heteroatoms. The SMILES string of the molecule is O=C1CN(C(=O)c2cccnc2Cl)CCN1. The van der Waals surface area contributed by atoms with Crippen molar-refractivity contribution in [1.29, 1.82) is 0 Å². The van der Waals surface area contributed by atoms with Crippen LogP contribution in [0.4, 0.5) is 0 Å².